The third-order valence-corrected chi connectivity index (χ3v) is 4.06. The van der Waals surface area contributed by atoms with Gasteiger partial charge >= 0.3 is 0 Å². The van der Waals surface area contributed by atoms with E-state index in [-0.39, 0.29) is 11.7 Å². The van der Waals surface area contributed by atoms with Crippen LogP contribution in [0.3, 0.4) is 0 Å². The lowest BCUT2D eigenvalue weighted by Gasteiger charge is -2.34. The summed E-state index contributed by atoms with van der Waals surface area (Å²) >= 11 is 0. The highest BCUT2D eigenvalue weighted by atomic mass is 16.4. The van der Waals surface area contributed by atoms with Crippen LogP contribution in [0.1, 0.15) is 46.5 Å². The average Bonchev–Trinajstić information content (AvgIpc) is 3.21. The number of amidine groups is 1. The molecule has 0 radical (unpaired) electrons. The Morgan fingerprint density at radius 3 is 2.28 bits per heavy atom. The van der Waals surface area contributed by atoms with E-state index in [1.165, 1.54) is 12.8 Å². The maximum absolute atomic E-state index is 12.7. The number of oxime groups is 1. The lowest BCUT2D eigenvalue weighted by atomic mass is 9.79. The summed E-state index contributed by atoms with van der Waals surface area (Å²) in [4.78, 5) is 14.5. The number of hydrogen-bond acceptors (Lipinski definition) is 3. The molecule has 0 aromatic carbocycles. The Bertz CT molecular complexity index is 320. The summed E-state index contributed by atoms with van der Waals surface area (Å²) in [6, 6.07) is 0. The van der Waals surface area contributed by atoms with Crippen molar-refractivity contribution in [2.24, 2.45) is 22.2 Å². The summed E-state index contributed by atoms with van der Waals surface area (Å²) in [5.74, 6) is 0.677. The first kappa shape index (κ1) is 14.8. The predicted octanol–water partition coefficient (Wildman–Crippen LogP) is 1.80. The molecule has 0 aromatic rings. The van der Waals surface area contributed by atoms with Crippen molar-refractivity contribution in [3.05, 3.63) is 0 Å². The zero-order valence-corrected chi connectivity index (χ0v) is 11.6. The van der Waals surface area contributed by atoms with Gasteiger partial charge in [0.15, 0.2) is 5.84 Å². The Morgan fingerprint density at radius 1 is 1.39 bits per heavy atom. The van der Waals surface area contributed by atoms with Crippen LogP contribution in [0.15, 0.2) is 5.16 Å². The third-order valence-electron chi connectivity index (χ3n) is 4.06. The topological polar surface area (TPSA) is 78.9 Å². The van der Waals surface area contributed by atoms with Crippen molar-refractivity contribution >= 4 is 11.7 Å². The monoisotopic (exact) mass is 255 g/mol. The molecule has 5 nitrogen and oxygen atoms in total. The number of hydrogen-bond donors (Lipinski definition) is 2. The number of rotatable bonds is 7. The van der Waals surface area contributed by atoms with Crippen molar-refractivity contribution in [1.29, 1.82) is 0 Å². The smallest absolute Gasteiger partial charge is 0.236 e. The van der Waals surface area contributed by atoms with Crippen molar-refractivity contribution in [3.8, 4) is 0 Å². The van der Waals surface area contributed by atoms with Crippen LogP contribution in [0.4, 0.5) is 0 Å². The van der Waals surface area contributed by atoms with Gasteiger partial charge in [-0.25, -0.2) is 0 Å². The van der Waals surface area contributed by atoms with E-state index in [1.807, 2.05) is 25.7 Å². The first-order chi connectivity index (χ1) is 8.55. The van der Waals surface area contributed by atoms with Crippen molar-refractivity contribution in [3.63, 3.8) is 0 Å². The second kappa shape index (κ2) is 6.07. The van der Waals surface area contributed by atoms with Crippen LogP contribution in [0, 0.1) is 11.3 Å². The molecule has 0 aromatic heterocycles. The number of nitrogens with zero attached hydrogens (tertiary/aromatic N) is 2. The molecule has 1 aliphatic carbocycles. The third kappa shape index (κ3) is 2.76. The number of carbonyl (C=O) groups is 1. The summed E-state index contributed by atoms with van der Waals surface area (Å²) in [5.41, 5.74) is 4.92. The van der Waals surface area contributed by atoms with Crippen LogP contribution >= 0.6 is 0 Å². The first-order valence-electron chi connectivity index (χ1n) is 6.83. The highest BCUT2D eigenvalue weighted by Gasteiger charge is 2.43. The van der Waals surface area contributed by atoms with Crippen LogP contribution in [0.25, 0.3) is 0 Å². The van der Waals surface area contributed by atoms with E-state index in [4.69, 9.17) is 10.9 Å². The fraction of sp³-hybridized carbons (Fsp3) is 0.846. The second-order valence-electron chi connectivity index (χ2n) is 5.06. The van der Waals surface area contributed by atoms with Crippen LogP contribution in [0.2, 0.25) is 0 Å². The zero-order valence-electron chi connectivity index (χ0n) is 11.6. The van der Waals surface area contributed by atoms with Gasteiger partial charge in [0.25, 0.3) is 0 Å². The summed E-state index contributed by atoms with van der Waals surface area (Å²) in [6.07, 6.45) is 3.52. The molecule has 18 heavy (non-hydrogen) atoms. The van der Waals surface area contributed by atoms with Crippen LogP contribution in [-0.4, -0.2) is 34.9 Å². The maximum atomic E-state index is 12.7. The lowest BCUT2D eigenvalue weighted by Crippen LogP contribution is -2.51. The second-order valence-corrected chi connectivity index (χ2v) is 5.06. The molecule has 1 fully saturated rings. The lowest BCUT2D eigenvalue weighted by molar-refractivity contribution is -0.139. The molecule has 1 rings (SSSR count). The standard InChI is InChI=1S/C13H25N3O2/c1-4-13(5-2,11(14)15-18)12(17)16(6-3)9-10-7-8-10/h10,18H,4-9H2,1-3H3,(H2,14,15). The molecule has 1 saturated carbocycles. The molecule has 5 heteroatoms. The van der Waals surface area contributed by atoms with E-state index in [0.717, 1.165) is 6.54 Å². The van der Waals surface area contributed by atoms with E-state index in [2.05, 4.69) is 5.16 Å². The molecular weight excluding hydrogens is 230 g/mol. The minimum absolute atomic E-state index is 0.00259. The average molecular weight is 255 g/mol. The molecule has 0 unspecified atom stereocenters. The zero-order chi connectivity index (χ0) is 13.8. The normalized spacial score (nSPS) is 16.7. The Balaban J connectivity index is 2.91. The molecule has 0 saturated heterocycles. The van der Waals surface area contributed by atoms with Crippen molar-refractivity contribution in [2.75, 3.05) is 13.1 Å². The maximum Gasteiger partial charge on any atom is 0.236 e. The molecule has 1 aliphatic rings. The number of carbonyl (C=O) groups excluding carboxylic acids is 1. The molecule has 1 amide bonds. The minimum atomic E-state index is -0.848. The molecule has 0 atom stereocenters. The van der Waals surface area contributed by atoms with Gasteiger partial charge in [-0.1, -0.05) is 19.0 Å². The Morgan fingerprint density at radius 2 is 1.94 bits per heavy atom. The Hall–Kier alpha value is -1.26. The predicted molar refractivity (Wildman–Crippen MR) is 71.4 cm³/mol. The van der Waals surface area contributed by atoms with Gasteiger partial charge in [-0.3, -0.25) is 4.79 Å². The molecular formula is C13H25N3O2. The summed E-state index contributed by atoms with van der Waals surface area (Å²) in [7, 11) is 0. The quantitative estimate of drug-likeness (QED) is 0.315. The SMILES string of the molecule is CCN(CC1CC1)C(=O)C(CC)(CC)C(N)=NO. The molecule has 0 aliphatic heterocycles. The molecule has 0 spiro atoms. The van der Waals surface area contributed by atoms with Crippen LogP contribution < -0.4 is 5.73 Å². The largest absolute Gasteiger partial charge is 0.409 e. The number of amides is 1. The highest BCUT2D eigenvalue weighted by Crippen LogP contribution is 2.33. The molecule has 104 valence electrons. The van der Waals surface area contributed by atoms with Gasteiger partial charge in [-0.15, -0.1) is 0 Å². The van der Waals surface area contributed by atoms with Gasteiger partial charge in [0, 0.05) is 13.1 Å². The fourth-order valence-corrected chi connectivity index (χ4v) is 2.39. The summed E-state index contributed by atoms with van der Waals surface area (Å²) in [6.45, 7) is 7.27. The van der Waals surface area contributed by atoms with E-state index in [1.54, 1.807) is 0 Å². The molecule has 3 N–H and O–H groups in total. The van der Waals surface area contributed by atoms with E-state index < -0.39 is 5.41 Å². The van der Waals surface area contributed by atoms with Gasteiger partial charge in [0.2, 0.25) is 5.91 Å². The number of nitrogens with two attached hydrogens (primary N) is 1. The van der Waals surface area contributed by atoms with E-state index >= 15 is 0 Å². The highest BCUT2D eigenvalue weighted by molar-refractivity contribution is 6.06. The van der Waals surface area contributed by atoms with Gasteiger partial charge in [-0.2, -0.15) is 0 Å². The van der Waals surface area contributed by atoms with Crippen LogP contribution in [0.5, 0.6) is 0 Å². The summed E-state index contributed by atoms with van der Waals surface area (Å²) in [5, 5.41) is 12.0. The van der Waals surface area contributed by atoms with Crippen molar-refractivity contribution in [1.82, 2.24) is 4.90 Å². The van der Waals surface area contributed by atoms with Crippen molar-refractivity contribution in [2.45, 2.75) is 46.5 Å². The Labute approximate surface area is 109 Å². The first-order valence-corrected chi connectivity index (χ1v) is 6.83. The van der Waals surface area contributed by atoms with Gasteiger partial charge < -0.3 is 15.8 Å². The van der Waals surface area contributed by atoms with E-state index in [9.17, 15) is 4.79 Å². The van der Waals surface area contributed by atoms with Crippen LogP contribution in [-0.2, 0) is 4.79 Å². The minimum Gasteiger partial charge on any atom is -0.409 e. The van der Waals surface area contributed by atoms with E-state index in [0.29, 0.717) is 25.3 Å². The molecule has 0 heterocycles. The summed E-state index contributed by atoms with van der Waals surface area (Å²) < 4.78 is 0. The van der Waals surface area contributed by atoms with Crippen molar-refractivity contribution < 1.29 is 10.0 Å². The molecule has 0 bridgehead atoms. The van der Waals surface area contributed by atoms with Gasteiger partial charge in [-0.05, 0) is 38.5 Å². The fourth-order valence-electron chi connectivity index (χ4n) is 2.39. The Kier molecular flexibility index (Phi) is 4.99. The van der Waals surface area contributed by atoms with Gasteiger partial charge in [0.1, 0.15) is 5.41 Å². The van der Waals surface area contributed by atoms with Gasteiger partial charge in [0.05, 0.1) is 0 Å².